The standard InChI is InChI=1S/C13H19NO4/c1-9(2)12(13(16)17)14(3)11(15)7-6-10-5-4-8-18-10/h4-5,8-9,12H,6-7H2,1-3H3,(H,16,17). The molecule has 0 saturated carbocycles. The van der Waals surface area contributed by atoms with Gasteiger partial charge in [-0.3, -0.25) is 4.79 Å². The van der Waals surface area contributed by atoms with Gasteiger partial charge in [-0.25, -0.2) is 4.79 Å². The molecule has 18 heavy (non-hydrogen) atoms. The van der Waals surface area contributed by atoms with E-state index in [-0.39, 0.29) is 18.2 Å². The van der Waals surface area contributed by atoms with Crippen LogP contribution in [0, 0.1) is 5.92 Å². The Labute approximate surface area is 106 Å². The van der Waals surface area contributed by atoms with Gasteiger partial charge in [0.2, 0.25) is 5.91 Å². The lowest BCUT2D eigenvalue weighted by Gasteiger charge is -2.27. The summed E-state index contributed by atoms with van der Waals surface area (Å²) in [5, 5.41) is 9.10. The molecule has 1 heterocycles. The number of rotatable bonds is 6. The summed E-state index contributed by atoms with van der Waals surface area (Å²) in [5.41, 5.74) is 0. The summed E-state index contributed by atoms with van der Waals surface area (Å²) in [6.45, 7) is 3.57. The molecule has 1 atom stereocenters. The number of furan rings is 1. The number of carboxylic acid groups (broad SMARTS) is 1. The van der Waals surface area contributed by atoms with E-state index in [1.165, 1.54) is 11.9 Å². The van der Waals surface area contributed by atoms with Crippen LogP contribution in [0.15, 0.2) is 22.8 Å². The molecular weight excluding hydrogens is 234 g/mol. The molecule has 0 bridgehead atoms. The average Bonchev–Trinajstić information content (AvgIpc) is 2.77. The van der Waals surface area contributed by atoms with Crippen LogP contribution >= 0.6 is 0 Å². The van der Waals surface area contributed by atoms with Crippen molar-refractivity contribution < 1.29 is 19.1 Å². The van der Waals surface area contributed by atoms with Gasteiger partial charge in [0, 0.05) is 19.9 Å². The number of carboxylic acids is 1. The van der Waals surface area contributed by atoms with Crippen molar-refractivity contribution in [1.29, 1.82) is 0 Å². The van der Waals surface area contributed by atoms with E-state index in [1.807, 2.05) is 0 Å². The lowest BCUT2D eigenvalue weighted by Crippen LogP contribution is -2.45. The molecule has 0 spiro atoms. The van der Waals surface area contributed by atoms with Crippen LogP contribution in [0.5, 0.6) is 0 Å². The van der Waals surface area contributed by atoms with Crippen molar-refractivity contribution in [3.05, 3.63) is 24.2 Å². The maximum Gasteiger partial charge on any atom is 0.326 e. The van der Waals surface area contributed by atoms with Crippen LogP contribution in [-0.4, -0.2) is 35.0 Å². The predicted octanol–water partition coefficient (Wildman–Crippen LogP) is 1.78. The third-order valence-corrected chi connectivity index (χ3v) is 2.86. The summed E-state index contributed by atoms with van der Waals surface area (Å²) < 4.78 is 5.13. The highest BCUT2D eigenvalue weighted by atomic mass is 16.4. The van der Waals surface area contributed by atoms with Gasteiger partial charge in [-0.15, -0.1) is 0 Å². The second-order valence-electron chi connectivity index (χ2n) is 4.61. The first-order valence-corrected chi connectivity index (χ1v) is 5.94. The van der Waals surface area contributed by atoms with E-state index in [0.717, 1.165) is 5.76 Å². The smallest absolute Gasteiger partial charge is 0.326 e. The van der Waals surface area contributed by atoms with Crippen molar-refractivity contribution in [2.45, 2.75) is 32.7 Å². The molecule has 1 rings (SSSR count). The number of carbonyl (C=O) groups excluding carboxylic acids is 1. The fraction of sp³-hybridized carbons (Fsp3) is 0.538. The minimum Gasteiger partial charge on any atom is -0.480 e. The molecule has 1 amide bonds. The Balaban J connectivity index is 2.57. The zero-order valence-electron chi connectivity index (χ0n) is 10.9. The van der Waals surface area contributed by atoms with Crippen LogP contribution in [0.25, 0.3) is 0 Å². The molecule has 0 aliphatic heterocycles. The fourth-order valence-corrected chi connectivity index (χ4v) is 1.91. The summed E-state index contributed by atoms with van der Waals surface area (Å²) >= 11 is 0. The first-order chi connectivity index (χ1) is 8.43. The van der Waals surface area contributed by atoms with Crippen LogP contribution in [-0.2, 0) is 16.0 Å². The Kier molecular flexibility index (Phi) is 4.95. The fourth-order valence-electron chi connectivity index (χ4n) is 1.91. The van der Waals surface area contributed by atoms with Gasteiger partial charge in [0.1, 0.15) is 11.8 Å². The first kappa shape index (κ1) is 14.3. The van der Waals surface area contributed by atoms with E-state index in [0.29, 0.717) is 6.42 Å². The Hall–Kier alpha value is -1.78. The number of aliphatic carboxylic acids is 1. The summed E-state index contributed by atoms with van der Waals surface area (Å²) in [6.07, 6.45) is 2.29. The minimum atomic E-state index is -0.973. The lowest BCUT2D eigenvalue weighted by atomic mass is 10.0. The molecule has 0 aliphatic rings. The van der Waals surface area contributed by atoms with Crippen molar-refractivity contribution >= 4 is 11.9 Å². The van der Waals surface area contributed by atoms with Crippen LogP contribution in [0.4, 0.5) is 0 Å². The monoisotopic (exact) mass is 253 g/mol. The highest BCUT2D eigenvalue weighted by Gasteiger charge is 2.29. The van der Waals surface area contributed by atoms with Gasteiger partial charge in [0.15, 0.2) is 0 Å². The quantitative estimate of drug-likeness (QED) is 0.838. The number of aryl methyl sites for hydroxylation is 1. The van der Waals surface area contributed by atoms with Gasteiger partial charge in [-0.2, -0.15) is 0 Å². The summed E-state index contributed by atoms with van der Waals surface area (Å²) in [7, 11) is 1.53. The summed E-state index contributed by atoms with van der Waals surface area (Å²) in [4.78, 5) is 24.3. The lowest BCUT2D eigenvalue weighted by molar-refractivity contribution is -0.150. The topological polar surface area (TPSA) is 70.8 Å². The molecule has 1 aromatic rings. The van der Waals surface area contributed by atoms with Crippen LogP contribution in [0.2, 0.25) is 0 Å². The zero-order valence-corrected chi connectivity index (χ0v) is 10.9. The molecule has 5 heteroatoms. The van der Waals surface area contributed by atoms with Crippen molar-refractivity contribution in [1.82, 2.24) is 4.90 Å². The molecule has 0 saturated heterocycles. The van der Waals surface area contributed by atoms with Gasteiger partial charge in [0.25, 0.3) is 0 Å². The summed E-state index contributed by atoms with van der Waals surface area (Å²) in [5.74, 6) is -0.556. The SMILES string of the molecule is CC(C)C(C(=O)O)N(C)C(=O)CCc1ccco1. The van der Waals surface area contributed by atoms with E-state index < -0.39 is 12.0 Å². The molecular formula is C13H19NO4. The molecule has 1 unspecified atom stereocenters. The maximum absolute atomic E-state index is 11.9. The Morgan fingerprint density at radius 3 is 2.56 bits per heavy atom. The normalized spacial score (nSPS) is 12.4. The molecule has 1 aromatic heterocycles. The number of likely N-dealkylation sites (N-methyl/N-ethyl adjacent to an activating group) is 1. The van der Waals surface area contributed by atoms with Crippen molar-refractivity contribution in [2.75, 3.05) is 7.05 Å². The largest absolute Gasteiger partial charge is 0.480 e. The van der Waals surface area contributed by atoms with E-state index in [2.05, 4.69) is 0 Å². The van der Waals surface area contributed by atoms with E-state index in [4.69, 9.17) is 9.52 Å². The molecule has 0 fully saturated rings. The first-order valence-electron chi connectivity index (χ1n) is 5.94. The number of hydrogen-bond acceptors (Lipinski definition) is 3. The van der Waals surface area contributed by atoms with Gasteiger partial charge in [0.05, 0.1) is 6.26 Å². The van der Waals surface area contributed by atoms with E-state index in [1.54, 1.807) is 32.2 Å². The Morgan fingerprint density at radius 2 is 2.11 bits per heavy atom. The number of amides is 1. The van der Waals surface area contributed by atoms with Gasteiger partial charge >= 0.3 is 5.97 Å². The highest BCUT2D eigenvalue weighted by molar-refractivity contribution is 5.83. The Bertz CT molecular complexity index is 397. The number of hydrogen-bond donors (Lipinski definition) is 1. The van der Waals surface area contributed by atoms with Gasteiger partial charge < -0.3 is 14.4 Å². The number of carbonyl (C=O) groups is 2. The third kappa shape index (κ3) is 3.61. The van der Waals surface area contributed by atoms with Crippen molar-refractivity contribution in [3.63, 3.8) is 0 Å². The molecule has 5 nitrogen and oxygen atoms in total. The maximum atomic E-state index is 11.9. The predicted molar refractivity (Wildman–Crippen MR) is 66.1 cm³/mol. The second kappa shape index (κ2) is 6.23. The average molecular weight is 253 g/mol. The second-order valence-corrected chi connectivity index (χ2v) is 4.61. The van der Waals surface area contributed by atoms with Gasteiger partial charge in [-0.05, 0) is 18.1 Å². The third-order valence-electron chi connectivity index (χ3n) is 2.86. The molecule has 100 valence electrons. The van der Waals surface area contributed by atoms with Crippen molar-refractivity contribution in [2.24, 2.45) is 5.92 Å². The van der Waals surface area contributed by atoms with Crippen LogP contribution < -0.4 is 0 Å². The van der Waals surface area contributed by atoms with Crippen LogP contribution in [0.1, 0.15) is 26.0 Å². The van der Waals surface area contributed by atoms with E-state index >= 15 is 0 Å². The molecule has 0 radical (unpaired) electrons. The van der Waals surface area contributed by atoms with E-state index in [9.17, 15) is 9.59 Å². The minimum absolute atomic E-state index is 0.125. The molecule has 0 aliphatic carbocycles. The van der Waals surface area contributed by atoms with Crippen molar-refractivity contribution in [3.8, 4) is 0 Å². The molecule has 0 aromatic carbocycles. The highest BCUT2D eigenvalue weighted by Crippen LogP contribution is 2.12. The number of nitrogens with zero attached hydrogens (tertiary/aromatic N) is 1. The summed E-state index contributed by atoms with van der Waals surface area (Å²) in [6, 6.07) is 2.77. The van der Waals surface area contributed by atoms with Gasteiger partial charge in [-0.1, -0.05) is 13.8 Å². The zero-order chi connectivity index (χ0) is 13.7. The van der Waals surface area contributed by atoms with Crippen LogP contribution in [0.3, 0.4) is 0 Å². The molecule has 1 N–H and O–H groups in total. The Morgan fingerprint density at radius 1 is 1.44 bits per heavy atom.